The lowest BCUT2D eigenvalue weighted by molar-refractivity contribution is -0.181. The SMILES string of the molecule is CCS(=O)(=O)NC[C@@H]1CCC2(CN(Cc3ccc(OC)cc3)C2)OC1. The quantitative estimate of drug-likeness (QED) is 0.792. The first kappa shape index (κ1) is 18.6. The Kier molecular flexibility index (Phi) is 5.68. The molecule has 0 saturated carbocycles. The van der Waals surface area contributed by atoms with E-state index in [-0.39, 0.29) is 17.3 Å². The van der Waals surface area contributed by atoms with E-state index in [1.165, 1.54) is 5.56 Å². The number of hydrogen-bond acceptors (Lipinski definition) is 5. The van der Waals surface area contributed by atoms with Gasteiger partial charge in [0.05, 0.1) is 25.1 Å². The van der Waals surface area contributed by atoms with Crippen molar-refractivity contribution >= 4 is 10.0 Å². The molecule has 0 radical (unpaired) electrons. The van der Waals surface area contributed by atoms with E-state index in [9.17, 15) is 8.42 Å². The van der Waals surface area contributed by atoms with Crippen molar-refractivity contribution in [2.24, 2.45) is 5.92 Å². The zero-order chi connectivity index (χ0) is 17.9. The number of benzene rings is 1. The van der Waals surface area contributed by atoms with Crippen molar-refractivity contribution in [3.05, 3.63) is 29.8 Å². The summed E-state index contributed by atoms with van der Waals surface area (Å²) in [6, 6.07) is 8.18. The van der Waals surface area contributed by atoms with Gasteiger partial charge in [0.25, 0.3) is 0 Å². The standard InChI is InChI=1S/C18H28N2O4S/c1-3-25(21,22)19-10-16-8-9-18(24-12-16)13-20(14-18)11-15-4-6-17(23-2)7-5-15/h4-7,16,19H,3,8-14H2,1-2H3/t16-/m0/s1. The van der Waals surface area contributed by atoms with E-state index >= 15 is 0 Å². The van der Waals surface area contributed by atoms with Crippen LogP contribution in [0.15, 0.2) is 24.3 Å². The third kappa shape index (κ3) is 4.73. The molecule has 1 N–H and O–H groups in total. The largest absolute Gasteiger partial charge is 0.497 e. The normalized spacial score (nSPS) is 23.4. The second-order valence-corrected chi connectivity index (χ2v) is 9.24. The summed E-state index contributed by atoms with van der Waals surface area (Å²) in [6.45, 7) is 5.61. The van der Waals surface area contributed by atoms with Crippen LogP contribution in [0.2, 0.25) is 0 Å². The first-order chi connectivity index (χ1) is 11.9. The van der Waals surface area contributed by atoms with Crippen LogP contribution < -0.4 is 9.46 Å². The van der Waals surface area contributed by atoms with Gasteiger partial charge in [-0.2, -0.15) is 0 Å². The van der Waals surface area contributed by atoms with Crippen molar-refractivity contribution in [3.63, 3.8) is 0 Å². The average molecular weight is 368 g/mol. The van der Waals surface area contributed by atoms with Gasteiger partial charge in [-0.25, -0.2) is 13.1 Å². The first-order valence-electron chi connectivity index (χ1n) is 8.90. The van der Waals surface area contributed by atoms with Gasteiger partial charge in [0, 0.05) is 26.2 Å². The maximum Gasteiger partial charge on any atom is 0.211 e. The molecule has 1 aromatic rings. The summed E-state index contributed by atoms with van der Waals surface area (Å²) in [5, 5.41) is 0. The summed E-state index contributed by atoms with van der Waals surface area (Å²) in [5.74, 6) is 1.29. The number of likely N-dealkylation sites (tertiary alicyclic amines) is 1. The summed E-state index contributed by atoms with van der Waals surface area (Å²) in [7, 11) is -1.43. The molecule has 2 fully saturated rings. The third-order valence-corrected chi connectivity index (χ3v) is 6.56. The molecule has 1 spiro atoms. The van der Waals surface area contributed by atoms with Gasteiger partial charge < -0.3 is 9.47 Å². The smallest absolute Gasteiger partial charge is 0.211 e. The van der Waals surface area contributed by atoms with Crippen molar-refractivity contribution in [2.75, 3.05) is 39.1 Å². The minimum atomic E-state index is -3.11. The highest BCUT2D eigenvalue weighted by Crippen LogP contribution is 2.36. The van der Waals surface area contributed by atoms with Crippen LogP contribution in [0.1, 0.15) is 25.3 Å². The lowest BCUT2D eigenvalue weighted by Crippen LogP contribution is -2.64. The number of sulfonamides is 1. The van der Waals surface area contributed by atoms with Crippen LogP contribution >= 0.6 is 0 Å². The number of rotatable bonds is 7. The monoisotopic (exact) mass is 368 g/mol. The minimum Gasteiger partial charge on any atom is -0.497 e. The van der Waals surface area contributed by atoms with Gasteiger partial charge in [-0.1, -0.05) is 12.1 Å². The average Bonchev–Trinajstić information content (AvgIpc) is 2.60. The highest BCUT2D eigenvalue weighted by Gasteiger charge is 2.46. The van der Waals surface area contributed by atoms with Crippen molar-refractivity contribution in [1.29, 1.82) is 0 Å². The maximum atomic E-state index is 11.5. The molecule has 25 heavy (non-hydrogen) atoms. The molecule has 140 valence electrons. The second kappa shape index (κ2) is 7.61. The Morgan fingerprint density at radius 3 is 2.60 bits per heavy atom. The minimum absolute atomic E-state index is 0.0212. The lowest BCUT2D eigenvalue weighted by Gasteiger charge is -2.53. The highest BCUT2D eigenvalue weighted by molar-refractivity contribution is 7.89. The van der Waals surface area contributed by atoms with Crippen LogP contribution in [0.4, 0.5) is 0 Å². The summed E-state index contributed by atoms with van der Waals surface area (Å²) in [6.07, 6.45) is 2.02. The van der Waals surface area contributed by atoms with Gasteiger partial charge in [-0.05, 0) is 43.4 Å². The van der Waals surface area contributed by atoms with E-state index in [4.69, 9.17) is 9.47 Å². The van der Waals surface area contributed by atoms with Gasteiger partial charge >= 0.3 is 0 Å². The molecule has 2 aliphatic heterocycles. The molecule has 2 saturated heterocycles. The Balaban J connectivity index is 1.40. The lowest BCUT2D eigenvalue weighted by atomic mass is 9.83. The van der Waals surface area contributed by atoms with Crippen LogP contribution in [0.5, 0.6) is 5.75 Å². The number of nitrogens with zero attached hydrogens (tertiary/aromatic N) is 1. The molecule has 0 aliphatic carbocycles. The van der Waals surface area contributed by atoms with Gasteiger partial charge in [-0.3, -0.25) is 4.90 Å². The summed E-state index contributed by atoms with van der Waals surface area (Å²) in [5.41, 5.74) is 1.25. The van der Waals surface area contributed by atoms with E-state index in [1.54, 1.807) is 14.0 Å². The highest BCUT2D eigenvalue weighted by atomic mass is 32.2. The predicted octanol–water partition coefficient (Wildman–Crippen LogP) is 1.62. The second-order valence-electron chi connectivity index (χ2n) is 7.14. The number of hydrogen-bond donors (Lipinski definition) is 1. The Morgan fingerprint density at radius 2 is 2.04 bits per heavy atom. The molecule has 2 heterocycles. The van der Waals surface area contributed by atoms with Crippen molar-refractivity contribution in [2.45, 2.75) is 31.9 Å². The van der Waals surface area contributed by atoms with E-state index < -0.39 is 10.0 Å². The molecule has 3 rings (SSSR count). The van der Waals surface area contributed by atoms with Crippen molar-refractivity contribution in [3.8, 4) is 5.75 Å². The van der Waals surface area contributed by atoms with E-state index in [1.807, 2.05) is 12.1 Å². The van der Waals surface area contributed by atoms with Crippen LogP contribution in [0, 0.1) is 5.92 Å². The Hall–Kier alpha value is -1.15. The molecule has 0 aromatic heterocycles. The summed E-state index contributed by atoms with van der Waals surface area (Å²) < 4.78 is 37.0. The molecule has 0 bridgehead atoms. The molecule has 1 aromatic carbocycles. The maximum absolute atomic E-state index is 11.5. The Morgan fingerprint density at radius 1 is 1.32 bits per heavy atom. The number of ether oxygens (including phenoxy) is 2. The molecule has 1 atom stereocenters. The van der Waals surface area contributed by atoms with E-state index in [0.717, 1.165) is 38.2 Å². The van der Waals surface area contributed by atoms with E-state index in [0.29, 0.717) is 13.2 Å². The van der Waals surface area contributed by atoms with Crippen LogP contribution in [-0.2, 0) is 21.3 Å². The summed E-state index contributed by atoms with van der Waals surface area (Å²) in [4.78, 5) is 2.39. The van der Waals surface area contributed by atoms with Gasteiger partial charge in [0.15, 0.2) is 0 Å². The van der Waals surface area contributed by atoms with Crippen LogP contribution in [0.25, 0.3) is 0 Å². The molecule has 2 aliphatic rings. The Labute approximate surface area is 150 Å². The topological polar surface area (TPSA) is 67.9 Å². The molecule has 0 amide bonds. The zero-order valence-corrected chi connectivity index (χ0v) is 15.8. The van der Waals surface area contributed by atoms with Gasteiger partial charge in [0.2, 0.25) is 10.0 Å². The fourth-order valence-electron chi connectivity index (χ4n) is 3.54. The van der Waals surface area contributed by atoms with Crippen LogP contribution in [0.3, 0.4) is 0 Å². The number of nitrogens with one attached hydrogen (secondary N) is 1. The summed E-state index contributed by atoms with van der Waals surface area (Å²) >= 11 is 0. The fraction of sp³-hybridized carbons (Fsp3) is 0.667. The van der Waals surface area contributed by atoms with Crippen molar-refractivity contribution < 1.29 is 17.9 Å². The molecular formula is C18H28N2O4S. The van der Waals surface area contributed by atoms with Crippen molar-refractivity contribution in [1.82, 2.24) is 9.62 Å². The van der Waals surface area contributed by atoms with E-state index in [2.05, 4.69) is 21.8 Å². The zero-order valence-electron chi connectivity index (χ0n) is 15.0. The van der Waals surface area contributed by atoms with Gasteiger partial charge in [-0.15, -0.1) is 0 Å². The molecule has 6 nitrogen and oxygen atoms in total. The number of methoxy groups -OCH3 is 1. The molecule has 7 heteroatoms. The predicted molar refractivity (Wildman–Crippen MR) is 97.1 cm³/mol. The third-order valence-electron chi connectivity index (χ3n) is 5.19. The van der Waals surface area contributed by atoms with Gasteiger partial charge in [0.1, 0.15) is 5.75 Å². The first-order valence-corrected chi connectivity index (χ1v) is 10.6. The Bertz CT molecular complexity index is 659. The molecular weight excluding hydrogens is 340 g/mol. The molecule has 0 unspecified atom stereocenters. The van der Waals surface area contributed by atoms with Crippen LogP contribution in [-0.4, -0.2) is 58.0 Å². The fourth-order valence-corrected chi connectivity index (χ4v) is 4.24.